The molecule has 0 atom stereocenters. The summed E-state index contributed by atoms with van der Waals surface area (Å²) in [5.41, 5.74) is 0.817. The Morgan fingerprint density at radius 2 is 1.94 bits per heavy atom. The van der Waals surface area contributed by atoms with Crippen molar-refractivity contribution in [3.8, 4) is 0 Å². The first-order valence-corrected chi connectivity index (χ1v) is 5.95. The van der Waals surface area contributed by atoms with Crippen molar-refractivity contribution in [1.29, 1.82) is 0 Å². The minimum Gasteiger partial charge on any atom is -0.452 e. The average Bonchev–Trinajstić information content (AvgIpc) is 2.37. The number of amides is 1. The molecule has 6 nitrogen and oxygen atoms in total. The van der Waals surface area contributed by atoms with Gasteiger partial charge in [-0.1, -0.05) is 0 Å². The summed E-state index contributed by atoms with van der Waals surface area (Å²) in [7, 11) is 2.97. The van der Waals surface area contributed by atoms with Crippen LogP contribution >= 0.6 is 0 Å². The van der Waals surface area contributed by atoms with Gasteiger partial charge in [-0.25, -0.2) is 9.78 Å². The monoisotopic (exact) mass is 252 g/mol. The maximum absolute atomic E-state index is 11.5. The molecule has 0 unspecified atom stereocenters. The largest absolute Gasteiger partial charge is 0.452 e. The number of carbonyl (C=O) groups excluding carboxylic acids is 1. The molecule has 0 aliphatic rings. The highest BCUT2D eigenvalue weighted by atomic mass is 16.5. The molecule has 0 N–H and O–H groups in total. The van der Waals surface area contributed by atoms with E-state index in [0.29, 0.717) is 11.8 Å². The van der Waals surface area contributed by atoms with Gasteiger partial charge in [0.25, 0.3) is 0 Å². The SMILES string of the molecule is CCN(CC)c1nc(C)cc(N(C)C(=O)OC)n1. The molecule has 0 saturated heterocycles. The first-order chi connectivity index (χ1) is 8.53. The fourth-order valence-electron chi connectivity index (χ4n) is 1.59. The van der Waals surface area contributed by atoms with Gasteiger partial charge in [0, 0.05) is 31.9 Å². The van der Waals surface area contributed by atoms with Crippen molar-refractivity contribution in [3.63, 3.8) is 0 Å². The Morgan fingerprint density at radius 1 is 1.33 bits per heavy atom. The highest BCUT2D eigenvalue weighted by Gasteiger charge is 2.15. The van der Waals surface area contributed by atoms with Crippen LogP contribution in [0.2, 0.25) is 0 Å². The quantitative estimate of drug-likeness (QED) is 0.818. The minimum atomic E-state index is -0.446. The predicted molar refractivity (Wildman–Crippen MR) is 71.1 cm³/mol. The van der Waals surface area contributed by atoms with Crippen LogP contribution in [0.4, 0.5) is 16.6 Å². The normalized spacial score (nSPS) is 10.1. The highest BCUT2D eigenvalue weighted by Crippen LogP contribution is 2.16. The molecule has 1 rings (SSSR count). The molecule has 1 amide bonds. The first kappa shape index (κ1) is 14.2. The fraction of sp³-hybridized carbons (Fsp3) is 0.583. The number of methoxy groups -OCH3 is 1. The summed E-state index contributed by atoms with van der Waals surface area (Å²) in [6.45, 7) is 7.60. The van der Waals surface area contributed by atoms with Crippen molar-refractivity contribution in [2.75, 3.05) is 37.0 Å². The van der Waals surface area contributed by atoms with E-state index >= 15 is 0 Å². The average molecular weight is 252 g/mol. The molecule has 1 heterocycles. The van der Waals surface area contributed by atoms with Gasteiger partial charge in [-0.3, -0.25) is 4.90 Å². The van der Waals surface area contributed by atoms with Crippen molar-refractivity contribution in [2.24, 2.45) is 0 Å². The number of hydrogen-bond acceptors (Lipinski definition) is 5. The third-order valence-electron chi connectivity index (χ3n) is 2.67. The van der Waals surface area contributed by atoms with Gasteiger partial charge in [-0.2, -0.15) is 4.98 Å². The Bertz CT molecular complexity index is 419. The van der Waals surface area contributed by atoms with Crippen LogP contribution in [-0.4, -0.2) is 43.3 Å². The lowest BCUT2D eigenvalue weighted by Crippen LogP contribution is -2.29. The molecule has 0 saturated carbocycles. The van der Waals surface area contributed by atoms with Gasteiger partial charge in [0.05, 0.1) is 7.11 Å². The van der Waals surface area contributed by atoms with Crippen molar-refractivity contribution in [2.45, 2.75) is 20.8 Å². The molecule has 18 heavy (non-hydrogen) atoms. The number of rotatable bonds is 4. The molecule has 0 aromatic carbocycles. The van der Waals surface area contributed by atoms with Crippen LogP contribution in [0.1, 0.15) is 19.5 Å². The zero-order valence-electron chi connectivity index (χ0n) is 11.6. The summed E-state index contributed by atoms with van der Waals surface area (Å²) in [6.07, 6.45) is -0.446. The second-order valence-electron chi connectivity index (χ2n) is 3.87. The molecular formula is C12H20N4O2. The number of aromatic nitrogens is 2. The van der Waals surface area contributed by atoms with Gasteiger partial charge in [0.1, 0.15) is 5.82 Å². The van der Waals surface area contributed by atoms with Gasteiger partial charge >= 0.3 is 6.09 Å². The maximum Gasteiger partial charge on any atom is 0.414 e. The summed E-state index contributed by atoms with van der Waals surface area (Å²) < 4.78 is 4.67. The van der Waals surface area contributed by atoms with E-state index in [9.17, 15) is 4.79 Å². The molecule has 1 aromatic rings. The van der Waals surface area contributed by atoms with Crippen LogP contribution < -0.4 is 9.80 Å². The fourth-order valence-corrected chi connectivity index (χ4v) is 1.59. The summed E-state index contributed by atoms with van der Waals surface area (Å²) in [6, 6.07) is 1.75. The van der Waals surface area contributed by atoms with E-state index in [2.05, 4.69) is 14.7 Å². The molecule has 100 valence electrons. The van der Waals surface area contributed by atoms with Gasteiger partial charge < -0.3 is 9.64 Å². The van der Waals surface area contributed by atoms with Crippen molar-refractivity contribution >= 4 is 17.9 Å². The summed E-state index contributed by atoms with van der Waals surface area (Å²) >= 11 is 0. The molecular weight excluding hydrogens is 232 g/mol. The van der Waals surface area contributed by atoms with Crippen LogP contribution in [0.15, 0.2) is 6.07 Å². The standard InChI is InChI=1S/C12H20N4O2/c1-6-16(7-2)11-13-9(3)8-10(14-11)15(4)12(17)18-5/h8H,6-7H2,1-5H3. The Balaban J connectivity index is 3.11. The zero-order chi connectivity index (χ0) is 13.7. The zero-order valence-corrected chi connectivity index (χ0v) is 11.6. The Hall–Kier alpha value is -1.85. The van der Waals surface area contributed by atoms with Crippen LogP contribution in [-0.2, 0) is 4.74 Å². The van der Waals surface area contributed by atoms with Gasteiger partial charge in [-0.15, -0.1) is 0 Å². The van der Waals surface area contributed by atoms with E-state index in [4.69, 9.17) is 0 Å². The topological polar surface area (TPSA) is 58.6 Å². The number of ether oxygens (including phenoxy) is 1. The summed E-state index contributed by atoms with van der Waals surface area (Å²) in [4.78, 5) is 23.6. The van der Waals surface area contributed by atoms with Crippen molar-refractivity contribution < 1.29 is 9.53 Å². The molecule has 0 spiro atoms. The molecule has 0 fully saturated rings. The lowest BCUT2D eigenvalue weighted by atomic mass is 10.4. The number of nitrogens with zero attached hydrogens (tertiary/aromatic N) is 4. The van der Waals surface area contributed by atoms with Crippen LogP contribution in [0.25, 0.3) is 0 Å². The second kappa shape index (κ2) is 6.18. The van der Waals surface area contributed by atoms with E-state index in [1.54, 1.807) is 13.1 Å². The van der Waals surface area contributed by atoms with Gasteiger partial charge in [-0.05, 0) is 20.8 Å². The number of aryl methyl sites for hydroxylation is 1. The van der Waals surface area contributed by atoms with Crippen molar-refractivity contribution in [1.82, 2.24) is 9.97 Å². The third-order valence-corrected chi connectivity index (χ3v) is 2.67. The minimum absolute atomic E-state index is 0.446. The van der Waals surface area contributed by atoms with E-state index in [1.165, 1.54) is 12.0 Å². The smallest absolute Gasteiger partial charge is 0.414 e. The van der Waals surface area contributed by atoms with E-state index in [0.717, 1.165) is 18.8 Å². The highest BCUT2D eigenvalue weighted by molar-refractivity contribution is 5.85. The van der Waals surface area contributed by atoms with Crippen LogP contribution in [0.3, 0.4) is 0 Å². The van der Waals surface area contributed by atoms with E-state index in [-0.39, 0.29) is 0 Å². The second-order valence-corrected chi connectivity index (χ2v) is 3.87. The Labute approximate surface area is 108 Å². The van der Waals surface area contributed by atoms with Crippen molar-refractivity contribution in [3.05, 3.63) is 11.8 Å². The predicted octanol–water partition coefficient (Wildman–Crippen LogP) is 1.83. The Morgan fingerprint density at radius 3 is 2.44 bits per heavy atom. The van der Waals surface area contributed by atoms with Crippen LogP contribution in [0, 0.1) is 6.92 Å². The lowest BCUT2D eigenvalue weighted by molar-refractivity contribution is 0.180. The van der Waals surface area contributed by atoms with Gasteiger partial charge in [0.15, 0.2) is 0 Å². The van der Waals surface area contributed by atoms with E-state index in [1.807, 2.05) is 25.7 Å². The number of anilines is 2. The molecule has 0 aliphatic carbocycles. The number of carbonyl (C=O) groups is 1. The third kappa shape index (κ3) is 3.09. The number of hydrogen-bond donors (Lipinski definition) is 0. The summed E-state index contributed by atoms with van der Waals surface area (Å²) in [5, 5.41) is 0. The first-order valence-electron chi connectivity index (χ1n) is 5.95. The maximum atomic E-state index is 11.5. The van der Waals surface area contributed by atoms with E-state index < -0.39 is 6.09 Å². The molecule has 0 aliphatic heterocycles. The van der Waals surface area contributed by atoms with Gasteiger partial charge in [0.2, 0.25) is 5.95 Å². The molecule has 0 radical (unpaired) electrons. The molecule has 0 bridgehead atoms. The Kier molecular flexibility index (Phi) is 4.88. The molecule has 6 heteroatoms. The lowest BCUT2D eigenvalue weighted by Gasteiger charge is -2.21. The molecule has 1 aromatic heterocycles. The summed E-state index contributed by atoms with van der Waals surface area (Å²) in [5.74, 6) is 1.17. The van der Waals surface area contributed by atoms with Crippen LogP contribution in [0.5, 0.6) is 0 Å².